The lowest BCUT2D eigenvalue weighted by Gasteiger charge is -2.36. The average Bonchev–Trinajstić information content (AvgIpc) is 2.92. The van der Waals surface area contributed by atoms with Crippen molar-refractivity contribution in [2.45, 2.75) is 56.5 Å². The number of carbonyl (C=O) groups is 1. The van der Waals surface area contributed by atoms with Gasteiger partial charge in [0, 0.05) is 22.3 Å². The summed E-state index contributed by atoms with van der Waals surface area (Å²) in [5, 5.41) is 0.265. The SMILES string of the molecule is CCc1ccc(C(=O)N2C3CCC2CC(Cl)C3)s1. The normalized spacial score (nSPS) is 30.8. The lowest BCUT2D eigenvalue weighted by Crippen LogP contribution is -2.46. The number of alkyl halides is 1. The zero-order valence-electron chi connectivity index (χ0n) is 10.6. The molecule has 0 saturated carbocycles. The summed E-state index contributed by atoms with van der Waals surface area (Å²) >= 11 is 7.90. The summed E-state index contributed by atoms with van der Waals surface area (Å²) in [6.45, 7) is 2.13. The second kappa shape index (κ2) is 4.86. The number of fused-ring (bicyclic) bond motifs is 2. The van der Waals surface area contributed by atoms with Crippen molar-refractivity contribution in [2.24, 2.45) is 0 Å². The van der Waals surface area contributed by atoms with E-state index in [9.17, 15) is 4.79 Å². The van der Waals surface area contributed by atoms with Crippen LogP contribution in [0.5, 0.6) is 0 Å². The number of nitrogens with zero attached hydrogens (tertiary/aromatic N) is 1. The molecule has 1 aromatic heterocycles. The smallest absolute Gasteiger partial charge is 0.264 e. The number of rotatable bonds is 2. The number of piperidine rings is 1. The fourth-order valence-electron chi connectivity index (χ4n) is 3.25. The predicted octanol–water partition coefficient (Wildman–Crippen LogP) is 3.68. The third-order valence-corrected chi connectivity index (χ3v) is 5.70. The Morgan fingerprint density at radius 1 is 1.39 bits per heavy atom. The van der Waals surface area contributed by atoms with Crippen LogP contribution in [-0.4, -0.2) is 28.3 Å². The van der Waals surface area contributed by atoms with Gasteiger partial charge in [0.2, 0.25) is 0 Å². The molecule has 2 aliphatic rings. The molecule has 3 heterocycles. The summed E-state index contributed by atoms with van der Waals surface area (Å²) in [4.78, 5) is 16.9. The molecule has 2 nitrogen and oxygen atoms in total. The van der Waals surface area contributed by atoms with Gasteiger partial charge in [-0.3, -0.25) is 4.79 Å². The van der Waals surface area contributed by atoms with Crippen molar-refractivity contribution >= 4 is 28.8 Å². The first-order valence-electron chi connectivity index (χ1n) is 6.74. The van der Waals surface area contributed by atoms with Crippen LogP contribution in [0.4, 0.5) is 0 Å². The van der Waals surface area contributed by atoms with E-state index in [0.29, 0.717) is 12.1 Å². The van der Waals surface area contributed by atoms with E-state index >= 15 is 0 Å². The highest BCUT2D eigenvalue weighted by Gasteiger charge is 2.43. The second-order valence-electron chi connectivity index (χ2n) is 5.29. The minimum absolute atomic E-state index is 0.232. The molecule has 1 aromatic rings. The van der Waals surface area contributed by atoms with Gasteiger partial charge in [-0.05, 0) is 44.2 Å². The lowest BCUT2D eigenvalue weighted by molar-refractivity contribution is 0.0604. The van der Waals surface area contributed by atoms with Crippen LogP contribution in [0, 0.1) is 0 Å². The minimum Gasteiger partial charge on any atom is -0.332 e. The third-order valence-electron chi connectivity index (χ3n) is 4.13. The van der Waals surface area contributed by atoms with E-state index < -0.39 is 0 Å². The van der Waals surface area contributed by atoms with Crippen LogP contribution < -0.4 is 0 Å². The highest BCUT2D eigenvalue weighted by Crippen LogP contribution is 2.39. The van der Waals surface area contributed by atoms with Gasteiger partial charge in [-0.2, -0.15) is 0 Å². The van der Waals surface area contributed by atoms with Gasteiger partial charge in [-0.1, -0.05) is 6.92 Å². The van der Waals surface area contributed by atoms with Gasteiger partial charge in [0.15, 0.2) is 0 Å². The number of hydrogen-bond donors (Lipinski definition) is 0. The molecule has 2 fully saturated rings. The summed E-state index contributed by atoms with van der Waals surface area (Å²) in [7, 11) is 0. The van der Waals surface area contributed by atoms with Crippen molar-refractivity contribution in [2.75, 3.05) is 0 Å². The highest BCUT2D eigenvalue weighted by molar-refractivity contribution is 7.14. The Hall–Kier alpha value is -0.540. The molecule has 0 aromatic carbocycles. The van der Waals surface area contributed by atoms with Gasteiger partial charge in [0.25, 0.3) is 5.91 Å². The lowest BCUT2D eigenvalue weighted by atomic mass is 10.0. The Kier molecular flexibility index (Phi) is 3.37. The average molecular weight is 284 g/mol. The Morgan fingerprint density at radius 2 is 2.06 bits per heavy atom. The molecular formula is C14H18ClNOS. The zero-order valence-corrected chi connectivity index (χ0v) is 12.1. The Balaban J connectivity index is 1.81. The fourth-order valence-corrected chi connectivity index (χ4v) is 4.56. The van der Waals surface area contributed by atoms with E-state index in [-0.39, 0.29) is 11.3 Å². The maximum absolute atomic E-state index is 12.6. The van der Waals surface area contributed by atoms with Crippen molar-refractivity contribution in [1.82, 2.24) is 4.90 Å². The first-order valence-corrected chi connectivity index (χ1v) is 7.99. The molecule has 18 heavy (non-hydrogen) atoms. The summed E-state index contributed by atoms with van der Waals surface area (Å²) in [5.41, 5.74) is 0. The molecule has 2 atom stereocenters. The molecule has 0 radical (unpaired) electrons. The zero-order chi connectivity index (χ0) is 12.7. The van der Waals surface area contributed by atoms with Crippen LogP contribution in [0.15, 0.2) is 12.1 Å². The fraction of sp³-hybridized carbons (Fsp3) is 0.643. The van der Waals surface area contributed by atoms with Gasteiger partial charge in [-0.25, -0.2) is 0 Å². The largest absolute Gasteiger partial charge is 0.332 e. The molecule has 1 amide bonds. The molecule has 0 N–H and O–H groups in total. The Morgan fingerprint density at radius 3 is 2.61 bits per heavy atom. The molecule has 2 saturated heterocycles. The van der Waals surface area contributed by atoms with Crippen molar-refractivity contribution in [3.05, 3.63) is 21.9 Å². The number of thiophene rings is 1. The highest BCUT2D eigenvalue weighted by atomic mass is 35.5. The summed E-state index contributed by atoms with van der Waals surface area (Å²) in [6, 6.07) is 4.82. The van der Waals surface area contributed by atoms with Crippen molar-refractivity contribution < 1.29 is 4.79 Å². The van der Waals surface area contributed by atoms with Crippen LogP contribution in [0.2, 0.25) is 0 Å². The molecule has 2 aliphatic heterocycles. The van der Waals surface area contributed by atoms with E-state index in [1.54, 1.807) is 11.3 Å². The van der Waals surface area contributed by atoms with Gasteiger partial charge >= 0.3 is 0 Å². The quantitative estimate of drug-likeness (QED) is 0.758. The molecule has 98 valence electrons. The van der Waals surface area contributed by atoms with Gasteiger partial charge in [-0.15, -0.1) is 22.9 Å². The molecular weight excluding hydrogens is 266 g/mol. The summed E-state index contributed by atoms with van der Waals surface area (Å²) in [6.07, 6.45) is 5.21. The number of aryl methyl sites for hydroxylation is 1. The monoisotopic (exact) mass is 283 g/mol. The van der Waals surface area contributed by atoms with E-state index in [1.807, 2.05) is 6.07 Å². The topological polar surface area (TPSA) is 20.3 Å². The van der Waals surface area contributed by atoms with Crippen LogP contribution in [0.1, 0.15) is 47.2 Å². The molecule has 3 rings (SSSR count). The molecule has 4 heteroatoms. The van der Waals surface area contributed by atoms with Gasteiger partial charge in [0.05, 0.1) is 4.88 Å². The van der Waals surface area contributed by atoms with Crippen LogP contribution in [0.25, 0.3) is 0 Å². The van der Waals surface area contributed by atoms with Crippen molar-refractivity contribution in [3.63, 3.8) is 0 Å². The molecule has 2 bridgehead atoms. The first kappa shape index (κ1) is 12.5. The second-order valence-corrected chi connectivity index (χ2v) is 7.07. The number of carbonyl (C=O) groups excluding carboxylic acids is 1. The predicted molar refractivity (Wildman–Crippen MR) is 75.6 cm³/mol. The van der Waals surface area contributed by atoms with Crippen LogP contribution >= 0.6 is 22.9 Å². The molecule has 0 spiro atoms. The van der Waals surface area contributed by atoms with E-state index in [2.05, 4.69) is 17.9 Å². The van der Waals surface area contributed by atoms with Gasteiger partial charge in [0.1, 0.15) is 0 Å². The van der Waals surface area contributed by atoms with Crippen molar-refractivity contribution in [3.8, 4) is 0 Å². The van der Waals surface area contributed by atoms with E-state index in [4.69, 9.17) is 11.6 Å². The first-order chi connectivity index (χ1) is 8.69. The summed E-state index contributed by atoms with van der Waals surface area (Å²) in [5.74, 6) is 0.232. The number of hydrogen-bond acceptors (Lipinski definition) is 2. The standard InChI is InChI=1S/C14H18ClNOS/c1-2-12-5-6-13(18-12)14(17)16-10-3-4-11(16)8-9(15)7-10/h5-6,9-11H,2-4,7-8H2,1H3. The summed E-state index contributed by atoms with van der Waals surface area (Å²) < 4.78 is 0. The van der Waals surface area contributed by atoms with E-state index in [0.717, 1.165) is 37.0 Å². The third kappa shape index (κ3) is 2.08. The maximum atomic E-state index is 12.6. The molecule has 2 unspecified atom stereocenters. The number of amides is 1. The van der Waals surface area contributed by atoms with Crippen LogP contribution in [0.3, 0.4) is 0 Å². The van der Waals surface area contributed by atoms with E-state index in [1.165, 1.54) is 4.88 Å². The molecule has 0 aliphatic carbocycles. The Bertz CT molecular complexity index is 444. The van der Waals surface area contributed by atoms with Gasteiger partial charge < -0.3 is 4.90 Å². The Labute approximate surface area is 117 Å². The minimum atomic E-state index is 0.232. The van der Waals surface area contributed by atoms with Crippen molar-refractivity contribution in [1.29, 1.82) is 0 Å². The maximum Gasteiger partial charge on any atom is 0.264 e. The van der Waals surface area contributed by atoms with Crippen LogP contribution in [-0.2, 0) is 6.42 Å². The number of halogens is 1.